The van der Waals surface area contributed by atoms with E-state index in [9.17, 15) is 13.6 Å². The first-order valence-corrected chi connectivity index (χ1v) is 7.18. The summed E-state index contributed by atoms with van der Waals surface area (Å²) in [6.45, 7) is 6.34. The molecule has 0 bridgehead atoms. The predicted molar refractivity (Wildman–Crippen MR) is 75.6 cm³/mol. The molecule has 0 radical (unpaired) electrons. The van der Waals surface area contributed by atoms with Crippen molar-refractivity contribution in [2.45, 2.75) is 51.8 Å². The fourth-order valence-corrected chi connectivity index (χ4v) is 2.54. The van der Waals surface area contributed by atoms with E-state index in [0.717, 1.165) is 12.5 Å². The van der Waals surface area contributed by atoms with Crippen molar-refractivity contribution in [3.63, 3.8) is 0 Å². The number of nitrogens with zero attached hydrogens (tertiary/aromatic N) is 1. The largest absolute Gasteiger partial charge is 0.459 e. The van der Waals surface area contributed by atoms with E-state index >= 15 is 0 Å². The van der Waals surface area contributed by atoms with Gasteiger partial charge in [-0.25, -0.2) is 8.78 Å². The minimum absolute atomic E-state index is 0.216. The molecule has 1 aliphatic heterocycles. The Morgan fingerprint density at radius 2 is 2.10 bits per heavy atom. The third-order valence-corrected chi connectivity index (χ3v) is 3.45. The van der Waals surface area contributed by atoms with Gasteiger partial charge in [0, 0.05) is 12.1 Å². The number of hydrogen-bond acceptors (Lipinski definition) is 3. The van der Waals surface area contributed by atoms with Crippen LogP contribution in [0, 0.1) is 11.6 Å². The number of benzene rings is 1. The van der Waals surface area contributed by atoms with E-state index in [1.54, 1.807) is 6.07 Å². The summed E-state index contributed by atoms with van der Waals surface area (Å²) in [7, 11) is 0. The Hall–Kier alpha value is -1.49. The van der Waals surface area contributed by atoms with Gasteiger partial charge in [0.1, 0.15) is 11.6 Å². The number of ether oxygens (including phenoxy) is 1. The van der Waals surface area contributed by atoms with Crippen molar-refractivity contribution in [2.75, 3.05) is 6.54 Å². The van der Waals surface area contributed by atoms with E-state index < -0.39 is 17.2 Å². The van der Waals surface area contributed by atoms with Gasteiger partial charge in [-0.2, -0.15) is 0 Å². The summed E-state index contributed by atoms with van der Waals surface area (Å²) in [5, 5.41) is 0. The molecule has 1 heterocycles. The van der Waals surface area contributed by atoms with E-state index in [4.69, 9.17) is 4.74 Å². The highest BCUT2D eigenvalue weighted by Crippen LogP contribution is 2.24. The average Bonchev–Trinajstić information content (AvgIpc) is 2.81. The average molecular weight is 297 g/mol. The summed E-state index contributed by atoms with van der Waals surface area (Å²) in [4.78, 5) is 14.0. The van der Waals surface area contributed by atoms with Crippen molar-refractivity contribution in [1.29, 1.82) is 0 Å². The van der Waals surface area contributed by atoms with Crippen LogP contribution in [0.5, 0.6) is 0 Å². The van der Waals surface area contributed by atoms with Crippen LogP contribution in [-0.2, 0) is 16.1 Å². The second kappa shape index (κ2) is 6.10. The molecule has 0 amide bonds. The van der Waals surface area contributed by atoms with Crippen LogP contribution in [0.4, 0.5) is 8.78 Å². The van der Waals surface area contributed by atoms with Gasteiger partial charge in [0.25, 0.3) is 0 Å². The van der Waals surface area contributed by atoms with Gasteiger partial charge in [-0.1, -0.05) is 12.1 Å². The maximum atomic E-state index is 13.7. The summed E-state index contributed by atoms with van der Waals surface area (Å²) in [5.74, 6) is -2.00. The Bertz CT molecular complexity index is 525. The number of rotatable bonds is 3. The minimum Gasteiger partial charge on any atom is -0.459 e. The summed E-state index contributed by atoms with van der Waals surface area (Å²) in [6, 6.07) is 3.73. The van der Waals surface area contributed by atoms with Crippen molar-refractivity contribution < 1.29 is 18.3 Å². The minimum atomic E-state index is -0.861. The topological polar surface area (TPSA) is 29.5 Å². The maximum Gasteiger partial charge on any atom is 0.323 e. The van der Waals surface area contributed by atoms with Crippen molar-refractivity contribution in [2.24, 2.45) is 0 Å². The van der Waals surface area contributed by atoms with Gasteiger partial charge in [0.05, 0.1) is 0 Å². The van der Waals surface area contributed by atoms with Crippen molar-refractivity contribution in [3.8, 4) is 0 Å². The van der Waals surface area contributed by atoms with Crippen LogP contribution in [-0.4, -0.2) is 29.1 Å². The first-order valence-electron chi connectivity index (χ1n) is 7.18. The second-order valence-electron chi connectivity index (χ2n) is 6.37. The van der Waals surface area contributed by atoms with Gasteiger partial charge in [0.15, 0.2) is 11.6 Å². The van der Waals surface area contributed by atoms with Crippen LogP contribution in [0.3, 0.4) is 0 Å². The van der Waals surface area contributed by atoms with E-state index in [0.29, 0.717) is 13.0 Å². The number of carbonyl (C=O) groups is 1. The fraction of sp³-hybridized carbons (Fsp3) is 0.562. The lowest BCUT2D eigenvalue weighted by molar-refractivity contribution is -0.160. The molecule has 5 heteroatoms. The summed E-state index contributed by atoms with van der Waals surface area (Å²) in [6.07, 6.45) is 1.53. The lowest BCUT2D eigenvalue weighted by Gasteiger charge is -2.27. The number of carbonyl (C=O) groups excluding carboxylic acids is 1. The van der Waals surface area contributed by atoms with Crippen LogP contribution in [0.25, 0.3) is 0 Å². The summed E-state index contributed by atoms with van der Waals surface area (Å²) >= 11 is 0. The highest BCUT2D eigenvalue weighted by atomic mass is 19.2. The van der Waals surface area contributed by atoms with E-state index in [1.807, 2.05) is 25.7 Å². The van der Waals surface area contributed by atoms with E-state index in [2.05, 4.69) is 0 Å². The van der Waals surface area contributed by atoms with E-state index in [-0.39, 0.29) is 24.1 Å². The lowest BCUT2D eigenvalue weighted by atomic mass is 10.1. The van der Waals surface area contributed by atoms with Gasteiger partial charge in [-0.05, 0) is 46.2 Å². The second-order valence-corrected chi connectivity index (χ2v) is 6.37. The zero-order chi connectivity index (χ0) is 15.6. The number of likely N-dealkylation sites (tertiary alicyclic amines) is 1. The highest BCUT2D eigenvalue weighted by Gasteiger charge is 2.34. The van der Waals surface area contributed by atoms with Crippen molar-refractivity contribution in [3.05, 3.63) is 35.4 Å². The van der Waals surface area contributed by atoms with Crippen LogP contribution in [0.1, 0.15) is 39.2 Å². The Kier molecular flexibility index (Phi) is 4.61. The van der Waals surface area contributed by atoms with Gasteiger partial charge < -0.3 is 4.74 Å². The molecule has 1 saturated heterocycles. The quantitative estimate of drug-likeness (QED) is 0.802. The van der Waals surface area contributed by atoms with Crippen LogP contribution >= 0.6 is 0 Å². The molecule has 1 aromatic carbocycles. The number of hydrogen-bond donors (Lipinski definition) is 0. The lowest BCUT2D eigenvalue weighted by Crippen LogP contribution is -2.40. The zero-order valence-corrected chi connectivity index (χ0v) is 12.7. The van der Waals surface area contributed by atoms with Crippen molar-refractivity contribution in [1.82, 2.24) is 4.90 Å². The monoisotopic (exact) mass is 297 g/mol. The third kappa shape index (κ3) is 4.00. The van der Waals surface area contributed by atoms with Crippen LogP contribution < -0.4 is 0 Å². The first-order chi connectivity index (χ1) is 9.78. The fourth-order valence-electron chi connectivity index (χ4n) is 2.54. The molecule has 0 N–H and O–H groups in total. The Labute approximate surface area is 123 Å². The van der Waals surface area contributed by atoms with Crippen molar-refractivity contribution >= 4 is 5.97 Å². The van der Waals surface area contributed by atoms with Gasteiger partial charge in [-0.3, -0.25) is 9.69 Å². The summed E-state index contributed by atoms with van der Waals surface area (Å²) in [5.41, 5.74) is -0.277. The van der Waals surface area contributed by atoms with Gasteiger partial charge >= 0.3 is 5.97 Å². The number of halogens is 2. The molecule has 0 saturated carbocycles. The Morgan fingerprint density at radius 1 is 1.38 bits per heavy atom. The number of esters is 1. The molecule has 1 atom stereocenters. The maximum absolute atomic E-state index is 13.7. The molecular weight excluding hydrogens is 276 g/mol. The standard InChI is InChI=1S/C16H21F2NO2/c1-16(2,3)21-15(20)13-8-5-9-19(13)10-11-6-4-7-12(17)14(11)18/h4,6-7,13H,5,8-10H2,1-3H3/t13-/m0/s1. The van der Waals surface area contributed by atoms with Gasteiger partial charge in [0.2, 0.25) is 0 Å². The zero-order valence-electron chi connectivity index (χ0n) is 12.7. The predicted octanol–water partition coefficient (Wildman–Crippen LogP) is 3.27. The molecule has 21 heavy (non-hydrogen) atoms. The first kappa shape index (κ1) is 15.9. The highest BCUT2D eigenvalue weighted by molar-refractivity contribution is 5.76. The van der Waals surface area contributed by atoms with Crippen LogP contribution in [0.15, 0.2) is 18.2 Å². The molecule has 0 spiro atoms. The summed E-state index contributed by atoms with van der Waals surface area (Å²) < 4.78 is 32.4. The third-order valence-electron chi connectivity index (χ3n) is 3.45. The molecule has 1 fully saturated rings. The Morgan fingerprint density at radius 3 is 2.76 bits per heavy atom. The SMILES string of the molecule is CC(C)(C)OC(=O)[C@@H]1CCCN1Cc1cccc(F)c1F. The smallest absolute Gasteiger partial charge is 0.323 e. The molecule has 1 aromatic rings. The molecular formula is C16H21F2NO2. The normalized spacial score (nSPS) is 19.8. The van der Waals surface area contributed by atoms with Crippen LogP contribution in [0.2, 0.25) is 0 Å². The molecule has 0 unspecified atom stereocenters. The molecule has 0 aliphatic carbocycles. The molecule has 2 rings (SSSR count). The molecule has 1 aliphatic rings. The van der Waals surface area contributed by atoms with E-state index in [1.165, 1.54) is 6.07 Å². The Balaban J connectivity index is 2.09. The van der Waals surface area contributed by atoms with Gasteiger partial charge in [-0.15, -0.1) is 0 Å². The molecule has 0 aromatic heterocycles. The molecule has 3 nitrogen and oxygen atoms in total. The molecule has 116 valence electrons.